The van der Waals surface area contributed by atoms with Gasteiger partial charge in [0.1, 0.15) is 17.7 Å². The molecule has 4 rings (SSSR count). The Bertz CT molecular complexity index is 1110. The summed E-state index contributed by atoms with van der Waals surface area (Å²) in [5, 5.41) is 11.3. The third-order valence-electron chi connectivity index (χ3n) is 4.46. The Morgan fingerprint density at radius 1 is 1.33 bits per heavy atom. The Labute approximate surface area is 185 Å². The molecule has 0 spiro atoms. The van der Waals surface area contributed by atoms with E-state index < -0.39 is 17.9 Å². The minimum atomic E-state index is -1.09. The molecule has 156 valence electrons. The van der Waals surface area contributed by atoms with E-state index in [0.29, 0.717) is 16.5 Å². The van der Waals surface area contributed by atoms with Gasteiger partial charge in [0.15, 0.2) is 10.8 Å². The fourth-order valence-corrected chi connectivity index (χ4v) is 4.46. The normalized spacial score (nSPS) is 14.4. The number of nitrogens with zero attached hydrogens (tertiary/aromatic N) is 4. The zero-order valence-electron chi connectivity index (χ0n) is 15.6. The SMILES string of the molecule is C[C@H](Oc1nccc(N(c2nc(C(=O)O)cs2)C2CC2)n1)c1c(Cl)ccc(F)c1Cl. The number of aromatic nitrogens is 3. The van der Waals surface area contributed by atoms with E-state index >= 15 is 0 Å². The monoisotopic (exact) mass is 468 g/mol. The number of carbonyl (C=O) groups is 1. The van der Waals surface area contributed by atoms with Crippen molar-refractivity contribution in [3.8, 4) is 6.01 Å². The molecule has 1 saturated carbocycles. The maximum atomic E-state index is 13.8. The van der Waals surface area contributed by atoms with Crippen molar-refractivity contribution in [2.45, 2.75) is 31.9 Å². The van der Waals surface area contributed by atoms with Crippen LogP contribution < -0.4 is 9.64 Å². The minimum Gasteiger partial charge on any atom is -0.476 e. The highest BCUT2D eigenvalue weighted by molar-refractivity contribution is 7.14. The van der Waals surface area contributed by atoms with E-state index in [2.05, 4.69) is 15.0 Å². The first-order valence-electron chi connectivity index (χ1n) is 8.96. The lowest BCUT2D eigenvalue weighted by atomic mass is 10.1. The predicted molar refractivity (Wildman–Crippen MR) is 112 cm³/mol. The first-order chi connectivity index (χ1) is 14.3. The Morgan fingerprint density at radius 3 is 2.77 bits per heavy atom. The molecule has 0 aliphatic heterocycles. The number of halogens is 3. The number of ether oxygens (including phenoxy) is 1. The number of carboxylic acid groups (broad SMARTS) is 1. The van der Waals surface area contributed by atoms with E-state index in [1.54, 1.807) is 13.0 Å². The van der Waals surface area contributed by atoms with E-state index in [4.69, 9.17) is 33.0 Å². The first-order valence-corrected chi connectivity index (χ1v) is 10.6. The van der Waals surface area contributed by atoms with Crippen LogP contribution in [0.2, 0.25) is 10.0 Å². The summed E-state index contributed by atoms with van der Waals surface area (Å²) in [6.07, 6.45) is 2.70. The van der Waals surface area contributed by atoms with Gasteiger partial charge in [0.05, 0.1) is 5.02 Å². The van der Waals surface area contributed by atoms with Crippen molar-refractivity contribution in [3.05, 3.63) is 56.9 Å². The van der Waals surface area contributed by atoms with Crippen molar-refractivity contribution >= 4 is 51.5 Å². The van der Waals surface area contributed by atoms with Gasteiger partial charge in [0.25, 0.3) is 0 Å². The standard InChI is InChI=1S/C19H15Cl2FN4O3S/c1-9(15-11(20)4-5-12(22)16(15)21)29-18-23-7-6-14(25-18)26(10-2-3-10)19-24-13(8-30-19)17(27)28/h4-10H,2-3H2,1H3,(H,27,28)/t9-/m0/s1. The molecule has 1 fully saturated rings. The zero-order chi connectivity index (χ0) is 21.4. The van der Waals surface area contributed by atoms with Crippen LogP contribution in [-0.2, 0) is 0 Å². The molecule has 2 aromatic heterocycles. The summed E-state index contributed by atoms with van der Waals surface area (Å²) < 4.78 is 19.6. The molecule has 2 heterocycles. The molecule has 1 aliphatic rings. The van der Waals surface area contributed by atoms with Gasteiger partial charge in [-0.25, -0.2) is 19.2 Å². The summed E-state index contributed by atoms with van der Waals surface area (Å²) in [5.74, 6) is -1.16. The summed E-state index contributed by atoms with van der Waals surface area (Å²) >= 11 is 13.5. The molecule has 0 bridgehead atoms. The van der Waals surface area contributed by atoms with E-state index in [9.17, 15) is 9.18 Å². The Balaban J connectivity index is 1.62. The number of aromatic carboxylic acids is 1. The number of carboxylic acids is 1. The van der Waals surface area contributed by atoms with Crippen LogP contribution >= 0.6 is 34.5 Å². The first kappa shape index (κ1) is 20.8. The Hall–Kier alpha value is -2.49. The molecule has 3 aromatic rings. The topological polar surface area (TPSA) is 88.4 Å². The van der Waals surface area contributed by atoms with Crippen LogP contribution in [0.3, 0.4) is 0 Å². The molecule has 1 aromatic carbocycles. The van der Waals surface area contributed by atoms with Crippen LogP contribution in [0.4, 0.5) is 15.3 Å². The van der Waals surface area contributed by atoms with Crippen LogP contribution in [0.25, 0.3) is 0 Å². The van der Waals surface area contributed by atoms with Crippen LogP contribution in [0.15, 0.2) is 29.8 Å². The van der Waals surface area contributed by atoms with Gasteiger partial charge in [-0.1, -0.05) is 23.2 Å². The third kappa shape index (κ3) is 4.19. The molecule has 0 saturated heterocycles. The van der Waals surface area contributed by atoms with Crippen molar-refractivity contribution < 1.29 is 19.0 Å². The lowest BCUT2D eigenvalue weighted by Crippen LogP contribution is -2.21. The molecule has 7 nitrogen and oxygen atoms in total. The second kappa shape index (κ2) is 8.33. The van der Waals surface area contributed by atoms with Gasteiger partial charge in [-0.05, 0) is 38.0 Å². The van der Waals surface area contributed by atoms with E-state index in [1.165, 1.54) is 35.0 Å². The van der Waals surface area contributed by atoms with E-state index in [0.717, 1.165) is 12.8 Å². The molecular formula is C19H15Cl2FN4O3S. The summed E-state index contributed by atoms with van der Waals surface area (Å²) in [5.41, 5.74) is 0.285. The molecule has 1 atom stereocenters. The van der Waals surface area contributed by atoms with Gasteiger partial charge >= 0.3 is 12.0 Å². The Morgan fingerprint density at radius 2 is 2.10 bits per heavy atom. The number of rotatable bonds is 7. The molecule has 0 radical (unpaired) electrons. The molecule has 30 heavy (non-hydrogen) atoms. The van der Waals surface area contributed by atoms with Crippen molar-refractivity contribution in [3.63, 3.8) is 0 Å². The highest BCUT2D eigenvalue weighted by Gasteiger charge is 2.34. The number of hydrogen-bond donors (Lipinski definition) is 1. The molecular weight excluding hydrogens is 454 g/mol. The molecule has 11 heteroatoms. The largest absolute Gasteiger partial charge is 0.476 e. The van der Waals surface area contributed by atoms with Crippen molar-refractivity contribution in [1.29, 1.82) is 0 Å². The smallest absolute Gasteiger partial charge is 0.355 e. The lowest BCUT2D eigenvalue weighted by molar-refractivity contribution is 0.0691. The minimum absolute atomic E-state index is 0.0183. The molecule has 0 amide bonds. The van der Waals surface area contributed by atoms with E-state index in [-0.39, 0.29) is 27.8 Å². The second-order valence-corrected chi connectivity index (χ2v) is 8.26. The third-order valence-corrected chi connectivity index (χ3v) is 6.02. The lowest BCUT2D eigenvalue weighted by Gasteiger charge is -2.21. The quantitative estimate of drug-likeness (QED) is 0.456. The van der Waals surface area contributed by atoms with E-state index in [1.807, 2.05) is 4.90 Å². The molecule has 1 aliphatic carbocycles. The van der Waals surface area contributed by atoms with Gasteiger partial charge in [-0.2, -0.15) is 4.98 Å². The molecule has 1 N–H and O–H groups in total. The maximum Gasteiger partial charge on any atom is 0.355 e. The van der Waals surface area contributed by atoms with Gasteiger partial charge < -0.3 is 9.84 Å². The van der Waals surface area contributed by atoms with Gasteiger partial charge in [-0.3, -0.25) is 4.90 Å². The molecule has 0 unspecified atom stereocenters. The summed E-state index contributed by atoms with van der Waals surface area (Å²) in [6.45, 7) is 1.67. The number of hydrogen-bond acceptors (Lipinski definition) is 7. The zero-order valence-corrected chi connectivity index (χ0v) is 17.9. The fraction of sp³-hybridized carbons (Fsp3) is 0.263. The average Bonchev–Trinajstić information content (AvgIpc) is 3.41. The van der Waals surface area contributed by atoms with Crippen molar-refractivity contribution in [1.82, 2.24) is 15.0 Å². The van der Waals surface area contributed by atoms with Crippen LogP contribution in [0.5, 0.6) is 6.01 Å². The van der Waals surface area contributed by atoms with Crippen molar-refractivity contribution in [2.24, 2.45) is 0 Å². The second-order valence-electron chi connectivity index (χ2n) is 6.64. The summed E-state index contributed by atoms with van der Waals surface area (Å²) in [6, 6.07) is 4.51. The van der Waals surface area contributed by atoms with Crippen molar-refractivity contribution in [2.75, 3.05) is 4.90 Å². The summed E-state index contributed by atoms with van der Waals surface area (Å²) in [7, 11) is 0. The van der Waals surface area contributed by atoms with Gasteiger partial charge in [0, 0.05) is 28.2 Å². The fourth-order valence-electron chi connectivity index (χ4n) is 2.90. The highest BCUT2D eigenvalue weighted by Crippen LogP contribution is 2.39. The van der Waals surface area contributed by atoms with Crippen LogP contribution in [-0.4, -0.2) is 32.1 Å². The average molecular weight is 469 g/mol. The van der Waals surface area contributed by atoms with Gasteiger partial charge in [-0.15, -0.1) is 11.3 Å². The number of anilines is 2. The number of thiazole rings is 1. The highest BCUT2D eigenvalue weighted by atomic mass is 35.5. The summed E-state index contributed by atoms with van der Waals surface area (Å²) in [4.78, 5) is 25.8. The predicted octanol–water partition coefficient (Wildman–Crippen LogP) is 5.52. The van der Waals surface area contributed by atoms with Crippen LogP contribution in [0, 0.1) is 5.82 Å². The number of benzene rings is 1. The van der Waals surface area contributed by atoms with Gasteiger partial charge in [0.2, 0.25) is 0 Å². The van der Waals surface area contributed by atoms with Crippen LogP contribution in [0.1, 0.15) is 41.9 Å². The Kier molecular flexibility index (Phi) is 5.77. The maximum absolute atomic E-state index is 13.8.